The molecule has 0 fully saturated rings. The van der Waals surface area contributed by atoms with Gasteiger partial charge in [0.05, 0.1) is 5.39 Å². The van der Waals surface area contributed by atoms with Crippen molar-refractivity contribution in [3.8, 4) is 0 Å². The van der Waals surface area contributed by atoms with Gasteiger partial charge in [-0.3, -0.25) is 9.48 Å². The normalized spacial score (nSPS) is 18.6. The van der Waals surface area contributed by atoms with Gasteiger partial charge in [-0.05, 0) is 18.9 Å². The van der Waals surface area contributed by atoms with Crippen molar-refractivity contribution < 1.29 is 0 Å². The molecule has 0 amide bonds. The van der Waals surface area contributed by atoms with Gasteiger partial charge in [-0.15, -0.1) is 0 Å². The molecule has 0 saturated heterocycles. The van der Waals surface area contributed by atoms with Crippen molar-refractivity contribution in [1.29, 1.82) is 0 Å². The Labute approximate surface area is 110 Å². The van der Waals surface area contributed by atoms with Gasteiger partial charge in [0.25, 0.3) is 5.56 Å². The lowest BCUT2D eigenvalue weighted by Gasteiger charge is -2.25. The van der Waals surface area contributed by atoms with Gasteiger partial charge in [0.2, 0.25) is 0 Å². The molecule has 0 spiro atoms. The molecule has 1 aliphatic heterocycles. The summed E-state index contributed by atoms with van der Waals surface area (Å²) in [5, 5.41) is 1.56. The average molecular weight is 258 g/mol. The van der Waals surface area contributed by atoms with E-state index in [1.54, 1.807) is 4.68 Å². The fraction of sp³-hybridized carbons (Fsp3) is 0.286. The second-order valence-corrected chi connectivity index (χ2v) is 5.24. The number of fused-ring (bicyclic) bond motifs is 2. The summed E-state index contributed by atoms with van der Waals surface area (Å²) in [6, 6.07) is 7.55. The van der Waals surface area contributed by atoms with Gasteiger partial charge in [0, 0.05) is 18.1 Å². The second kappa shape index (κ2) is 3.92. The Balaban J connectivity index is 2.52. The van der Waals surface area contributed by atoms with Crippen molar-refractivity contribution in [2.75, 3.05) is 0 Å². The lowest BCUT2D eigenvalue weighted by atomic mass is 10.0. The molecule has 4 heteroatoms. The van der Waals surface area contributed by atoms with Crippen LogP contribution in [0.1, 0.15) is 13.8 Å². The third-order valence-corrected chi connectivity index (χ3v) is 4.07. The highest BCUT2D eigenvalue weighted by Crippen LogP contribution is 2.20. The highest BCUT2D eigenvalue weighted by molar-refractivity contribution is 7.71. The molecule has 1 aromatic heterocycles. The topological polar surface area (TPSA) is 26.9 Å². The zero-order chi connectivity index (χ0) is 12.9. The Kier molecular flexibility index (Phi) is 2.48. The monoisotopic (exact) mass is 258 g/mol. The van der Waals surface area contributed by atoms with Gasteiger partial charge in [0.1, 0.15) is 4.64 Å². The highest BCUT2D eigenvalue weighted by Gasteiger charge is 2.17. The lowest BCUT2D eigenvalue weighted by molar-refractivity contribution is 0.434. The molecule has 0 saturated carbocycles. The fourth-order valence-electron chi connectivity index (χ4n) is 2.35. The van der Waals surface area contributed by atoms with Crippen LogP contribution < -0.4 is 5.56 Å². The predicted octanol–water partition coefficient (Wildman–Crippen LogP) is 3.04. The summed E-state index contributed by atoms with van der Waals surface area (Å²) in [7, 11) is 0. The summed E-state index contributed by atoms with van der Waals surface area (Å²) in [4.78, 5) is 12.4. The first-order valence-electron chi connectivity index (χ1n) is 6.02. The van der Waals surface area contributed by atoms with E-state index < -0.39 is 0 Å². The number of aromatic nitrogens is 2. The SMILES string of the molecule is CC1=Cn2c(=O)c3ccccc3c(=S)n2CC1C. The number of hydrogen-bond donors (Lipinski definition) is 0. The molecule has 1 unspecified atom stereocenters. The summed E-state index contributed by atoms with van der Waals surface area (Å²) < 4.78 is 4.29. The lowest BCUT2D eigenvalue weighted by Crippen LogP contribution is -2.32. The Morgan fingerprint density at radius 2 is 1.94 bits per heavy atom. The molecule has 3 rings (SSSR count). The van der Waals surface area contributed by atoms with Crippen molar-refractivity contribution in [3.05, 3.63) is 44.8 Å². The minimum atomic E-state index is 0.00505. The molecule has 3 nitrogen and oxygen atoms in total. The third-order valence-electron chi connectivity index (χ3n) is 3.64. The van der Waals surface area contributed by atoms with E-state index in [-0.39, 0.29) is 5.56 Å². The van der Waals surface area contributed by atoms with Crippen molar-refractivity contribution >= 4 is 29.2 Å². The summed E-state index contributed by atoms with van der Waals surface area (Å²) in [5.74, 6) is 0.414. The number of hydrogen-bond acceptors (Lipinski definition) is 2. The van der Waals surface area contributed by atoms with Gasteiger partial charge in [-0.1, -0.05) is 42.9 Å². The Bertz CT molecular complexity index is 782. The molecule has 92 valence electrons. The standard InChI is InChI=1S/C14H14N2OS/c1-9-7-15-13(17)11-5-3-4-6-12(11)14(18)16(15)8-10(9)2/h3-7,10H,8H2,1-2H3. The maximum Gasteiger partial charge on any atom is 0.277 e. The summed E-state index contributed by atoms with van der Waals surface area (Å²) >= 11 is 5.51. The predicted molar refractivity (Wildman–Crippen MR) is 76.1 cm³/mol. The molecule has 18 heavy (non-hydrogen) atoms. The summed E-state index contributed by atoms with van der Waals surface area (Å²) in [6.07, 6.45) is 1.90. The van der Waals surface area contributed by atoms with Gasteiger partial charge < -0.3 is 0 Å². The van der Waals surface area contributed by atoms with Crippen LogP contribution in [-0.2, 0) is 6.54 Å². The maximum absolute atomic E-state index is 12.4. The fourth-order valence-corrected chi connectivity index (χ4v) is 2.69. The Hall–Kier alpha value is -1.68. The number of allylic oxidation sites excluding steroid dienone is 1. The smallest absolute Gasteiger partial charge is 0.267 e. The average Bonchev–Trinajstić information content (AvgIpc) is 2.38. The van der Waals surface area contributed by atoms with Crippen molar-refractivity contribution in [3.63, 3.8) is 0 Å². The van der Waals surface area contributed by atoms with E-state index in [1.807, 2.05) is 35.1 Å². The van der Waals surface area contributed by atoms with Crippen LogP contribution in [0.4, 0.5) is 0 Å². The first kappa shape index (κ1) is 11.4. The molecule has 0 bridgehead atoms. The Morgan fingerprint density at radius 3 is 2.67 bits per heavy atom. The van der Waals surface area contributed by atoms with Crippen LogP contribution in [0.3, 0.4) is 0 Å². The van der Waals surface area contributed by atoms with E-state index in [2.05, 4.69) is 13.8 Å². The van der Waals surface area contributed by atoms with Crippen LogP contribution in [0.15, 0.2) is 34.6 Å². The van der Waals surface area contributed by atoms with Gasteiger partial charge in [0.15, 0.2) is 0 Å². The highest BCUT2D eigenvalue weighted by atomic mass is 32.1. The minimum Gasteiger partial charge on any atom is -0.267 e. The van der Waals surface area contributed by atoms with Crippen molar-refractivity contribution in [2.45, 2.75) is 20.4 Å². The van der Waals surface area contributed by atoms with E-state index in [4.69, 9.17) is 12.2 Å². The van der Waals surface area contributed by atoms with Crippen LogP contribution in [-0.4, -0.2) is 9.36 Å². The van der Waals surface area contributed by atoms with Crippen molar-refractivity contribution in [1.82, 2.24) is 9.36 Å². The van der Waals surface area contributed by atoms with Gasteiger partial charge in [-0.25, -0.2) is 4.68 Å². The molecule has 0 aliphatic carbocycles. The molecule has 1 aromatic carbocycles. The largest absolute Gasteiger partial charge is 0.277 e. The van der Waals surface area contributed by atoms with E-state index in [0.29, 0.717) is 11.3 Å². The van der Waals surface area contributed by atoms with Crippen LogP contribution in [0, 0.1) is 10.6 Å². The first-order chi connectivity index (χ1) is 8.59. The molecular weight excluding hydrogens is 244 g/mol. The molecule has 2 aromatic rings. The van der Waals surface area contributed by atoms with Crippen LogP contribution >= 0.6 is 12.2 Å². The van der Waals surface area contributed by atoms with E-state index >= 15 is 0 Å². The molecular formula is C14H14N2OS. The zero-order valence-electron chi connectivity index (χ0n) is 10.4. The van der Waals surface area contributed by atoms with Crippen LogP contribution in [0.2, 0.25) is 0 Å². The molecule has 1 atom stereocenters. The van der Waals surface area contributed by atoms with Gasteiger partial charge in [-0.2, -0.15) is 0 Å². The maximum atomic E-state index is 12.4. The summed E-state index contributed by atoms with van der Waals surface area (Å²) in [6.45, 7) is 4.97. The number of nitrogens with zero attached hydrogens (tertiary/aromatic N) is 2. The van der Waals surface area contributed by atoms with E-state index in [1.165, 1.54) is 5.57 Å². The first-order valence-corrected chi connectivity index (χ1v) is 6.43. The molecule has 1 aliphatic rings. The third kappa shape index (κ3) is 1.49. The zero-order valence-corrected chi connectivity index (χ0v) is 11.2. The second-order valence-electron chi connectivity index (χ2n) is 4.86. The quantitative estimate of drug-likeness (QED) is 0.679. The number of benzene rings is 1. The van der Waals surface area contributed by atoms with E-state index in [9.17, 15) is 4.79 Å². The molecule has 0 radical (unpaired) electrons. The summed E-state index contributed by atoms with van der Waals surface area (Å²) in [5.41, 5.74) is 1.22. The minimum absolute atomic E-state index is 0.00505. The van der Waals surface area contributed by atoms with Crippen molar-refractivity contribution in [2.24, 2.45) is 5.92 Å². The molecule has 2 heterocycles. The molecule has 0 N–H and O–H groups in total. The van der Waals surface area contributed by atoms with E-state index in [0.717, 1.165) is 16.6 Å². The van der Waals surface area contributed by atoms with Crippen LogP contribution in [0.5, 0.6) is 0 Å². The van der Waals surface area contributed by atoms with Gasteiger partial charge >= 0.3 is 0 Å². The van der Waals surface area contributed by atoms with Crippen LogP contribution in [0.25, 0.3) is 17.0 Å². The number of rotatable bonds is 0. The Morgan fingerprint density at radius 1 is 1.28 bits per heavy atom.